The second-order valence-corrected chi connectivity index (χ2v) is 12.6. The number of carbonyl (C=O) groups is 1. The van der Waals surface area contributed by atoms with Gasteiger partial charge in [-0.05, 0) is 68.7 Å². The highest BCUT2D eigenvalue weighted by Crippen LogP contribution is 2.43. The number of nitrogens with zero attached hydrogens (tertiary/aromatic N) is 6. The van der Waals surface area contributed by atoms with Crippen molar-refractivity contribution in [3.05, 3.63) is 48.8 Å². The molecule has 8 heteroatoms. The molecule has 0 bridgehead atoms. The molecule has 1 aromatic carbocycles. The van der Waals surface area contributed by atoms with Crippen LogP contribution in [0, 0.1) is 22.7 Å². The van der Waals surface area contributed by atoms with Crippen molar-refractivity contribution in [2.75, 3.05) is 62.2 Å². The van der Waals surface area contributed by atoms with Gasteiger partial charge in [0.15, 0.2) is 0 Å². The normalized spacial score (nSPS) is 24.5. The van der Waals surface area contributed by atoms with Crippen molar-refractivity contribution in [2.45, 2.75) is 32.7 Å². The summed E-state index contributed by atoms with van der Waals surface area (Å²) in [6, 6.07) is 14.0. The molecule has 1 N–H and O–H groups in total. The molecule has 0 atom stereocenters. The van der Waals surface area contributed by atoms with Gasteiger partial charge in [0.25, 0.3) is 0 Å². The van der Waals surface area contributed by atoms with E-state index in [0.29, 0.717) is 17.4 Å². The quantitative estimate of drug-likeness (QED) is 0.495. The van der Waals surface area contributed by atoms with Crippen molar-refractivity contribution < 1.29 is 4.79 Å². The number of rotatable bonds is 6. The van der Waals surface area contributed by atoms with Crippen LogP contribution in [-0.2, 0) is 4.79 Å². The highest BCUT2D eigenvalue weighted by atomic mass is 16.2. The summed E-state index contributed by atoms with van der Waals surface area (Å²) < 4.78 is 1.98. The van der Waals surface area contributed by atoms with Gasteiger partial charge in [-0.3, -0.25) is 9.69 Å². The molecule has 4 aliphatic rings. The second kappa shape index (κ2) is 9.37. The molecule has 1 aliphatic carbocycles. The Hall–Kier alpha value is -3.39. The molecule has 3 aromatic rings. The number of fused-ring (bicyclic) bond motifs is 1. The maximum atomic E-state index is 12.8. The summed E-state index contributed by atoms with van der Waals surface area (Å²) in [4.78, 5) is 22.3. The maximum absolute atomic E-state index is 12.8. The molecule has 8 nitrogen and oxygen atoms in total. The Labute approximate surface area is 230 Å². The molecule has 2 aromatic heterocycles. The summed E-state index contributed by atoms with van der Waals surface area (Å²) in [5.41, 5.74) is 6.50. The van der Waals surface area contributed by atoms with Crippen LogP contribution in [0.3, 0.4) is 0 Å². The maximum Gasteiger partial charge on any atom is 0.225 e. The lowest BCUT2D eigenvalue weighted by molar-refractivity contribution is -0.139. The molecule has 3 aliphatic heterocycles. The van der Waals surface area contributed by atoms with Crippen molar-refractivity contribution in [3.63, 3.8) is 0 Å². The van der Waals surface area contributed by atoms with Crippen LogP contribution in [0.1, 0.15) is 26.7 Å². The number of likely N-dealkylation sites (tertiary alicyclic amines) is 1. The Morgan fingerprint density at radius 3 is 2.36 bits per heavy atom. The average Bonchev–Trinajstić information content (AvgIpc) is 3.31. The Bertz CT molecular complexity index is 1370. The van der Waals surface area contributed by atoms with Crippen molar-refractivity contribution in [1.29, 1.82) is 5.41 Å². The molecule has 5 heterocycles. The Morgan fingerprint density at radius 1 is 0.974 bits per heavy atom. The average molecular weight is 526 g/mol. The minimum Gasteiger partial charge on any atom is -0.370 e. The van der Waals surface area contributed by atoms with E-state index < -0.39 is 0 Å². The number of amides is 1. The molecule has 7 rings (SSSR count). The lowest BCUT2D eigenvalue weighted by Gasteiger charge is -2.62. The first-order chi connectivity index (χ1) is 18.9. The van der Waals surface area contributed by atoms with Crippen LogP contribution in [-0.4, -0.2) is 89.9 Å². The summed E-state index contributed by atoms with van der Waals surface area (Å²) in [6.07, 6.45) is 7.18. The largest absolute Gasteiger partial charge is 0.370 e. The number of hydrogen-bond acceptors (Lipinski definition) is 6. The molecule has 204 valence electrons. The van der Waals surface area contributed by atoms with E-state index in [1.54, 1.807) is 0 Å². The molecule has 0 unspecified atom stereocenters. The predicted molar refractivity (Wildman–Crippen MR) is 156 cm³/mol. The summed E-state index contributed by atoms with van der Waals surface area (Å²) in [6.45, 7) is 12.6. The van der Waals surface area contributed by atoms with Crippen molar-refractivity contribution in [1.82, 2.24) is 19.4 Å². The minimum atomic E-state index is 0.117. The van der Waals surface area contributed by atoms with Crippen molar-refractivity contribution in [3.8, 4) is 11.1 Å². The van der Waals surface area contributed by atoms with E-state index >= 15 is 0 Å². The molecular formula is C31H39N7O. The minimum absolute atomic E-state index is 0.117. The van der Waals surface area contributed by atoms with Gasteiger partial charge in [-0.15, -0.1) is 0 Å². The molecule has 1 spiro atoms. The second-order valence-electron chi connectivity index (χ2n) is 12.6. The molecule has 3 saturated heterocycles. The fourth-order valence-corrected chi connectivity index (χ4v) is 7.04. The molecule has 0 radical (unpaired) electrons. The predicted octanol–water partition coefficient (Wildman–Crippen LogP) is 3.86. The molecule has 39 heavy (non-hydrogen) atoms. The Balaban J connectivity index is 1.00. The van der Waals surface area contributed by atoms with Gasteiger partial charge in [0, 0.05) is 93.4 Å². The number of benzene rings is 1. The first kappa shape index (κ1) is 24.6. The summed E-state index contributed by atoms with van der Waals surface area (Å²) in [5.74, 6) is 0.696. The lowest BCUT2D eigenvalue weighted by Crippen LogP contribution is -2.73. The van der Waals surface area contributed by atoms with E-state index in [4.69, 9.17) is 5.41 Å². The van der Waals surface area contributed by atoms with Crippen LogP contribution in [0.15, 0.2) is 48.8 Å². The molecule has 4 fully saturated rings. The van der Waals surface area contributed by atoms with Gasteiger partial charge >= 0.3 is 0 Å². The third kappa shape index (κ3) is 4.29. The highest BCUT2D eigenvalue weighted by molar-refractivity contribution is 5.83. The van der Waals surface area contributed by atoms with Crippen molar-refractivity contribution >= 4 is 29.0 Å². The van der Waals surface area contributed by atoms with Gasteiger partial charge in [0.05, 0.1) is 11.2 Å². The van der Waals surface area contributed by atoms with Gasteiger partial charge in [0.1, 0.15) is 0 Å². The zero-order valence-corrected chi connectivity index (χ0v) is 23.1. The van der Waals surface area contributed by atoms with Crippen LogP contribution in [0.25, 0.3) is 16.6 Å². The Morgan fingerprint density at radius 2 is 1.69 bits per heavy atom. The molecule has 1 amide bonds. The van der Waals surface area contributed by atoms with E-state index in [2.05, 4.69) is 76.2 Å². The number of aromatic nitrogens is 2. The van der Waals surface area contributed by atoms with Gasteiger partial charge in [0.2, 0.25) is 5.91 Å². The van der Waals surface area contributed by atoms with E-state index in [1.807, 2.05) is 15.6 Å². The van der Waals surface area contributed by atoms with E-state index in [0.717, 1.165) is 44.5 Å². The first-order valence-electron chi connectivity index (χ1n) is 14.5. The monoisotopic (exact) mass is 525 g/mol. The third-order valence-corrected chi connectivity index (χ3v) is 9.60. The van der Waals surface area contributed by atoms with Gasteiger partial charge in [-0.2, -0.15) is 5.10 Å². The smallest absolute Gasteiger partial charge is 0.225 e. The summed E-state index contributed by atoms with van der Waals surface area (Å²) in [7, 11) is 0. The van der Waals surface area contributed by atoms with Crippen LogP contribution in [0.5, 0.6) is 0 Å². The number of piperazine rings is 1. The number of nitrogens with one attached hydrogen (secondary N) is 1. The van der Waals surface area contributed by atoms with E-state index in [9.17, 15) is 4.79 Å². The summed E-state index contributed by atoms with van der Waals surface area (Å²) >= 11 is 0. The van der Waals surface area contributed by atoms with Crippen LogP contribution in [0.4, 0.5) is 11.4 Å². The van der Waals surface area contributed by atoms with Crippen LogP contribution < -0.4 is 9.80 Å². The van der Waals surface area contributed by atoms with E-state index in [-0.39, 0.29) is 11.8 Å². The Kier molecular flexibility index (Phi) is 5.92. The fraction of sp³-hybridized carbons (Fsp3) is 0.516. The zero-order chi connectivity index (χ0) is 26.7. The number of carbonyl (C=O) groups excluding carboxylic acids is 1. The van der Waals surface area contributed by atoms with Gasteiger partial charge in [-0.25, -0.2) is 4.52 Å². The van der Waals surface area contributed by atoms with Gasteiger partial charge < -0.3 is 20.1 Å². The van der Waals surface area contributed by atoms with Gasteiger partial charge in [-0.1, -0.05) is 12.1 Å². The van der Waals surface area contributed by atoms with Crippen molar-refractivity contribution in [2.24, 2.45) is 17.3 Å². The molecule has 1 saturated carbocycles. The topological polar surface area (TPSA) is 71.2 Å². The number of hydrogen-bond donors (Lipinski definition) is 1. The lowest BCUT2D eigenvalue weighted by atomic mass is 9.72. The van der Waals surface area contributed by atoms with Crippen LogP contribution >= 0.6 is 0 Å². The molecular weight excluding hydrogens is 486 g/mol. The SMILES string of the molecule is CC(C)N1CC2(CN(c3ccc(-c4cc5c(N6CCN(C(=O)C7CC(C=N)C7)CC6)ccnn5c4)cc3)C2)C1. The number of anilines is 2. The van der Waals surface area contributed by atoms with E-state index in [1.165, 1.54) is 54.9 Å². The summed E-state index contributed by atoms with van der Waals surface area (Å²) in [5, 5.41) is 12.0. The van der Waals surface area contributed by atoms with Crippen LogP contribution in [0.2, 0.25) is 0 Å². The standard InChI is InChI=1S/C31H39N7O/c1-22(2)36-18-31(19-36)20-37(21-31)27-5-3-24(4-6-27)26-15-29-28(7-8-33-38(29)17-26)34-9-11-35(12-10-34)30(39)25-13-23(14-25)16-32/h3-8,15-17,22-23,25,32H,9-14,18-21H2,1-2H3. The highest BCUT2D eigenvalue weighted by Gasteiger charge is 2.52. The zero-order valence-electron chi connectivity index (χ0n) is 23.1. The third-order valence-electron chi connectivity index (χ3n) is 9.60. The fourth-order valence-electron chi connectivity index (χ4n) is 7.04. The first-order valence-corrected chi connectivity index (χ1v) is 14.5.